The van der Waals surface area contributed by atoms with Gasteiger partial charge in [-0.3, -0.25) is 0 Å². The van der Waals surface area contributed by atoms with E-state index in [0.29, 0.717) is 5.92 Å². The Balaban J connectivity index is 2.59. The van der Waals surface area contributed by atoms with E-state index in [9.17, 15) is 0 Å². The molecule has 0 saturated heterocycles. The predicted molar refractivity (Wildman–Crippen MR) is 53.6 cm³/mol. The lowest BCUT2D eigenvalue weighted by atomic mass is 9.93. The minimum Gasteiger partial charge on any atom is -0.399 e. The van der Waals surface area contributed by atoms with Crippen LogP contribution in [0.1, 0.15) is 26.2 Å². The van der Waals surface area contributed by atoms with E-state index in [1.165, 1.54) is 5.57 Å². The molecule has 0 aromatic carbocycles. The molecule has 0 heterocycles. The van der Waals surface area contributed by atoms with Crippen molar-refractivity contribution in [1.29, 1.82) is 0 Å². The smallest absolute Gasteiger partial charge is 0.0303 e. The van der Waals surface area contributed by atoms with Crippen molar-refractivity contribution < 1.29 is 0 Å². The highest BCUT2D eigenvalue weighted by Crippen LogP contribution is 2.22. The largest absolute Gasteiger partial charge is 0.399 e. The summed E-state index contributed by atoms with van der Waals surface area (Å²) in [4.78, 5) is 0. The van der Waals surface area contributed by atoms with Crippen molar-refractivity contribution in [2.24, 2.45) is 11.7 Å². The first-order valence-corrected chi connectivity index (χ1v) is 4.51. The molecule has 1 heteroatoms. The van der Waals surface area contributed by atoms with Crippen LogP contribution in [0, 0.1) is 5.92 Å². The monoisotopic (exact) mass is 163 g/mol. The molecule has 0 amide bonds. The second-order valence-corrected chi connectivity index (χ2v) is 3.39. The first kappa shape index (κ1) is 9.11. The fourth-order valence-corrected chi connectivity index (χ4v) is 1.44. The lowest BCUT2D eigenvalue weighted by molar-refractivity contribution is 0.710. The lowest BCUT2D eigenvalue weighted by Gasteiger charge is -2.15. The van der Waals surface area contributed by atoms with Crippen LogP contribution in [0.5, 0.6) is 0 Å². The summed E-state index contributed by atoms with van der Waals surface area (Å²) in [5, 5.41) is 0. The van der Waals surface area contributed by atoms with E-state index in [-0.39, 0.29) is 0 Å². The van der Waals surface area contributed by atoms with E-state index >= 15 is 0 Å². The van der Waals surface area contributed by atoms with Gasteiger partial charge < -0.3 is 5.73 Å². The first-order valence-electron chi connectivity index (χ1n) is 4.51. The SMILES string of the molecule is C=CCCC1=CC(C)CC=C1N. The Hall–Kier alpha value is -0.980. The van der Waals surface area contributed by atoms with Crippen LogP contribution in [0.25, 0.3) is 0 Å². The van der Waals surface area contributed by atoms with Crippen molar-refractivity contribution in [3.8, 4) is 0 Å². The number of hydrogen-bond acceptors (Lipinski definition) is 1. The summed E-state index contributed by atoms with van der Waals surface area (Å²) < 4.78 is 0. The van der Waals surface area contributed by atoms with Crippen LogP contribution in [0.3, 0.4) is 0 Å². The Bertz CT molecular complexity index is 223. The normalized spacial score (nSPS) is 22.9. The van der Waals surface area contributed by atoms with Gasteiger partial charge in [-0.25, -0.2) is 0 Å². The summed E-state index contributed by atoms with van der Waals surface area (Å²) in [7, 11) is 0. The summed E-state index contributed by atoms with van der Waals surface area (Å²) in [6.45, 7) is 5.92. The molecule has 0 saturated carbocycles. The highest BCUT2D eigenvalue weighted by atomic mass is 14.6. The van der Waals surface area contributed by atoms with E-state index in [1.807, 2.05) is 6.08 Å². The molecule has 1 aliphatic carbocycles. The van der Waals surface area contributed by atoms with Gasteiger partial charge in [-0.15, -0.1) is 6.58 Å². The zero-order valence-electron chi connectivity index (χ0n) is 7.72. The van der Waals surface area contributed by atoms with Crippen molar-refractivity contribution in [1.82, 2.24) is 0 Å². The Morgan fingerprint density at radius 3 is 3.17 bits per heavy atom. The predicted octanol–water partition coefficient (Wildman–Crippen LogP) is 2.76. The summed E-state index contributed by atoms with van der Waals surface area (Å²) in [6, 6.07) is 0. The molecule has 0 bridgehead atoms. The molecular formula is C11H17N. The molecule has 1 aliphatic rings. The van der Waals surface area contributed by atoms with Crippen LogP contribution in [-0.2, 0) is 0 Å². The molecule has 0 spiro atoms. The number of nitrogens with two attached hydrogens (primary N) is 1. The maximum atomic E-state index is 5.84. The van der Waals surface area contributed by atoms with Crippen LogP contribution in [0.15, 0.2) is 36.1 Å². The first-order chi connectivity index (χ1) is 5.74. The maximum absolute atomic E-state index is 5.84. The Labute approximate surface area is 74.7 Å². The number of rotatable bonds is 3. The van der Waals surface area contributed by atoms with Crippen LogP contribution in [0.2, 0.25) is 0 Å². The lowest BCUT2D eigenvalue weighted by Crippen LogP contribution is -2.08. The summed E-state index contributed by atoms with van der Waals surface area (Å²) >= 11 is 0. The standard InChI is InChI=1S/C11H17N/c1-3-4-5-10-8-9(2)6-7-11(10)12/h3,7-9H,1,4-6,12H2,2H3. The Morgan fingerprint density at radius 2 is 2.50 bits per heavy atom. The van der Waals surface area contributed by atoms with Crippen LogP contribution in [-0.4, -0.2) is 0 Å². The second kappa shape index (κ2) is 4.15. The second-order valence-electron chi connectivity index (χ2n) is 3.39. The van der Waals surface area contributed by atoms with Crippen LogP contribution in [0.4, 0.5) is 0 Å². The highest BCUT2D eigenvalue weighted by molar-refractivity contribution is 5.32. The minimum atomic E-state index is 0.650. The highest BCUT2D eigenvalue weighted by Gasteiger charge is 2.08. The van der Waals surface area contributed by atoms with Gasteiger partial charge in [0.05, 0.1) is 0 Å². The minimum absolute atomic E-state index is 0.650. The maximum Gasteiger partial charge on any atom is 0.0303 e. The van der Waals surface area contributed by atoms with Crippen molar-refractivity contribution in [3.05, 3.63) is 36.1 Å². The zero-order valence-corrected chi connectivity index (χ0v) is 7.72. The van der Waals surface area contributed by atoms with Gasteiger partial charge in [-0.05, 0) is 30.8 Å². The Morgan fingerprint density at radius 1 is 1.75 bits per heavy atom. The van der Waals surface area contributed by atoms with Crippen molar-refractivity contribution in [2.75, 3.05) is 0 Å². The third-order valence-corrected chi connectivity index (χ3v) is 2.18. The quantitative estimate of drug-likeness (QED) is 0.636. The topological polar surface area (TPSA) is 26.0 Å². The summed E-state index contributed by atoms with van der Waals surface area (Å²) in [6.07, 6.45) is 9.49. The molecule has 0 radical (unpaired) electrons. The molecule has 1 atom stereocenters. The van der Waals surface area contributed by atoms with E-state index in [1.54, 1.807) is 0 Å². The van der Waals surface area contributed by atoms with E-state index < -0.39 is 0 Å². The van der Waals surface area contributed by atoms with E-state index in [2.05, 4.69) is 25.7 Å². The van der Waals surface area contributed by atoms with Crippen LogP contribution >= 0.6 is 0 Å². The van der Waals surface area contributed by atoms with Gasteiger partial charge in [-0.2, -0.15) is 0 Å². The van der Waals surface area contributed by atoms with Gasteiger partial charge in [0.15, 0.2) is 0 Å². The van der Waals surface area contributed by atoms with Crippen LogP contribution < -0.4 is 5.73 Å². The molecule has 1 unspecified atom stereocenters. The molecule has 0 aromatic rings. The van der Waals surface area contributed by atoms with E-state index in [0.717, 1.165) is 25.0 Å². The average Bonchev–Trinajstić information content (AvgIpc) is 2.07. The number of allylic oxidation sites excluding steroid dienone is 4. The van der Waals surface area contributed by atoms with Crippen molar-refractivity contribution in [2.45, 2.75) is 26.2 Å². The molecule has 0 aromatic heterocycles. The van der Waals surface area contributed by atoms with Gasteiger partial charge in [0, 0.05) is 5.70 Å². The molecule has 1 rings (SSSR count). The number of hydrogen-bond donors (Lipinski definition) is 1. The summed E-state index contributed by atoms with van der Waals surface area (Å²) in [5.41, 5.74) is 8.11. The zero-order chi connectivity index (χ0) is 8.97. The molecule has 66 valence electrons. The third kappa shape index (κ3) is 2.26. The van der Waals surface area contributed by atoms with Gasteiger partial charge in [-0.1, -0.05) is 25.2 Å². The Kier molecular flexibility index (Phi) is 3.15. The summed E-state index contributed by atoms with van der Waals surface area (Å²) in [5.74, 6) is 0.650. The molecule has 0 fully saturated rings. The average molecular weight is 163 g/mol. The van der Waals surface area contributed by atoms with Crippen molar-refractivity contribution in [3.63, 3.8) is 0 Å². The van der Waals surface area contributed by atoms with Crippen molar-refractivity contribution >= 4 is 0 Å². The van der Waals surface area contributed by atoms with Gasteiger partial charge in [0.1, 0.15) is 0 Å². The van der Waals surface area contributed by atoms with Gasteiger partial charge in [0.25, 0.3) is 0 Å². The molecule has 12 heavy (non-hydrogen) atoms. The molecule has 0 aliphatic heterocycles. The molecular weight excluding hydrogens is 146 g/mol. The molecule has 2 N–H and O–H groups in total. The van der Waals surface area contributed by atoms with E-state index in [4.69, 9.17) is 5.73 Å². The fraction of sp³-hybridized carbons (Fsp3) is 0.455. The molecule has 1 nitrogen and oxygen atoms in total. The third-order valence-electron chi connectivity index (χ3n) is 2.18. The van der Waals surface area contributed by atoms with Gasteiger partial charge in [0.2, 0.25) is 0 Å². The fourth-order valence-electron chi connectivity index (χ4n) is 1.44. The van der Waals surface area contributed by atoms with Gasteiger partial charge >= 0.3 is 0 Å².